The van der Waals surface area contributed by atoms with E-state index >= 15 is 0 Å². The van der Waals surface area contributed by atoms with Gasteiger partial charge >= 0.3 is 6.09 Å². The summed E-state index contributed by atoms with van der Waals surface area (Å²) >= 11 is 5.00. The van der Waals surface area contributed by atoms with Crippen LogP contribution in [0.2, 0.25) is 0 Å². The van der Waals surface area contributed by atoms with E-state index < -0.39 is 29.9 Å². The fourth-order valence-electron chi connectivity index (χ4n) is 2.62. The van der Waals surface area contributed by atoms with Gasteiger partial charge in [-0.2, -0.15) is 0 Å². The molecule has 4 N–H and O–H groups in total. The number of thiocarbonyl (C=S) groups is 1. The summed E-state index contributed by atoms with van der Waals surface area (Å²) < 4.78 is 5.16. The van der Waals surface area contributed by atoms with Crippen LogP contribution in [-0.2, 0) is 25.7 Å². The Hall–Kier alpha value is -3.53. The number of nitrogens with two attached hydrogens (primary N) is 1. The quantitative estimate of drug-likeness (QED) is 0.231. The number of rotatable bonds is 9. The van der Waals surface area contributed by atoms with Crippen LogP contribution in [0.3, 0.4) is 0 Å². The second-order valence-electron chi connectivity index (χ2n) is 6.36. The van der Waals surface area contributed by atoms with Gasteiger partial charge in [-0.05, 0) is 30.3 Å². The van der Waals surface area contributed by atoms with Crippen LogP contribution in [0.25, 0.3) is 0 Å². The molecule has 1 aliphatic rings. The summed E-state index contributed by atoms with van der Waals surface area (Å²) in [5, 5.41) is 4.91. The van der Waals surface area contributed by atoms with E-state index in [4.69, 9.17) is 22.7 Å². The van der Waals surface area contributed by atoms with E-state index in [1.807, 2.05) is 18.2 Å². The largest absolute Gasteiger partial charge is 0.445 e. The zero-order valence-corrected chi connectivity index (χ0v) is 16.9. The highest BCUT2D eigenvalue weighted by Gasteiger charge is 2.33. The first-order chi connectivity index (χ1) is 14.3. The number of benzene rings is 1. The molecule has 0 aliphatic carbocycles. The molecule has 1 aliphatic heterocycles. The van der Waals surface area contributed by atoms with Crippen LogP contribution >= 0.6 is 12.2 Å². The highest BCUT2D eigenvalue weighted by molar-refractivity contribution is 7.80. The lowest BCUT2D eigenvalue weighted by Crippen LogP contribution is -2.54. The van der Waals surface area contributed by atoms with E-state index in [2.05, 4.69) is 17.2 Å². The Morgan fingerprint density at radius 3 is 2.63 bits per heavy atom. The average Bonchev–Trinajstić information content (AvgIpc) is 2.71. The first-order valence-electron chi connectivity index (χ1n) is 9.07. The molecule has 1 saturated heterocycles. The van der Waals surface area contributed by atoms with E-state index in [0.29, 0.717) is 0 Å². The van der Waals surface area contributed by atoms with Crippen molar-refractivity contribution in [1.82, 2.24) is 15.5 Å². The second-order valence-corrected chi connectivity index (χ2v) is 6.75. The van der Waals surface area contributed by atoms with Gasteiger partial charge in [-0.3, -0.25) is 24.6 Å². The van der Waals surface area contributed by atoms with Gasteiger partial charge in [0.1, 0.15) is 12.2 Å². The Morgan fingerprint density at radius 1 is 1.30 bits per heavy atom. The summed E-state index contributed by atoms with van der Waals surface area (Å²) in [4.78, 5) is 49.4. The van der Waals surface area contributed by atoms with Crippen molar-refractivity contribution in [2.75, 3.05) is 6.54 Å². The third kappa shape index (κ3) is 6.52. The number of primary amides is 1. The molecule has 0 unspecified atom stereocenters. The number of hydrogen-bond donors (Lipinski definition) is 3. The molecule has 0 radical (unpaired) electrons. The van der Waals surface area contributed by atoms with Crippen molar-refractivity contribution in [3.05, 3.63) is 60.2 Å². The lowest BCUT2D eigenvalue weighted by atomic mass is 10.0. The van der Waals surface area contributed by atoms with Crippen molar-refractivity contribution in [2.24, 2.45) is 5.73 Å². The first kappa shape index (κ1) is 22.8. The van der Waals surface area contributed by atoms with Crippen molar-refractivity contribution in [1.29, 1.82) is 0 Å². The van der Waals surface area contributed by atoms with Crippen molar-refractivity contribution in [3.63, 3.8) is 0 Å². The zero-order chi connectivity index (χ0) is 22.1. The molecule has 1 atom stereocenters. The number of hydrogen-bond acceptors (Lipinski definition) is 6. The van der Waals surface area contributed by atoms with Gasteiger partial charge in [0, 0.05) is 13.0 Å². The highest BCUT2D eigenvalue weighted by Crippen LogP contribution is 2.13. The molecule has 0 spiro atoms. The fraction of sp³-hybridized carbons (Fsp3) is 0.250. The summed E-state index contributed by atoms with van der Waals surface area (Å²) in [7, 11) is 0. The summed E-state index contributed by atoms with van der Waals surface area (Å²) in [5.74, 6) is -1.92. The topological polar surface area (TPSA) is 131 Å². The van der Waals surface area contributed by atoms with Crippen LogP contribution in [0, 0.1) is 0 Å². The highest BCUT2D eigenvalue weighted by atomic mass is 32.1. The minimum absolute atomic E-state index is 0.0343. The summed E-state index contributed by atoms with van der Waals surface area (Å²) in [6, 6.07) is 8.20. The molecule has 1 aromatic carbocycles. The summed E-state index contributed by atoms with van der Waals surface area (Å²) in [5.41, 5.74) is 5.76. The van der Waals surface area contributed by atoms with Gasteiger partial charge < -0.3 is 15.8 Å². The smallest absolute Gasteiger partial charge is 0.407 e. The van der Waals surface area contributed by atoms with Crippen molar-refractivity contribution >= 4 is 41.1 Å². The molecule has 9 nitrogen and oxygen atoms in total. The van der Waals surface area contributed by atoms with E-state index in [1.54, 1.807) is 12.1 Å². The molecule has 0 aromatic heterocycles. The number of amides is 4. The number of nitrogens with zero attached hydrogens (tertiary/aromatic N) is 1. The Bertz CT molecular complexity index is 884. The van der Waals surface area contributed by atoms with E-state index in [9.17, 15) is 19.2 Å². The molecule has 1 fully saturated rings. The van der Waals surface area contributed by atoms with Gasteiger partial charge in [0.2, 0.25) is 5.91 Å². The number of nitrogens with one attached hydrogen (secondary N) is 2. The van der Waals surface area contributed by atoms with Gasteiger partial charge in [0.15, 0.2) is 5.11 Å². The lowest BCUT2D eigenvalue weighted by molar-refractivity contribution is -0.128. The second kappa shape index (κ2) is 10.9. The average molecular weight is 430 g/mol. The van der Waals surface area contributed by atoms with Gasteiger partial charge in [-0.1, -0.05) is 36.4 Å². The Balaban J connectivity index is 2.14. The van der Waals surface area contributed by atoms with E-state index in [-0.39, 0.29) is 36.7 Å². The third-order valence-electron chi connectivity index (χ3n) is 4.08. The molecule has 10 heteroatoms. The maximum absolute atomic E-state index is 12.6. The zero-order valence-electron chi connectivity index (χ0n) is 16.1. The molecule has 1 aromatic rings. The molecule has 4 amide bonds. The maximum Gasteiger partial charge on any atom is 0.407 e. The van der Waals surface area contributed by atoms with E-state index in [0.717, 1.165) is 10.5 Å². The maximum atomic E-state index is 12.6. The molecule has 2 rings (SSSR count). The first-order valence-corrected chi connectivity index (χ1v) is 9.48. The molecule has 1 heterocycles. The van der Waals surface area contributed by atoms with E-state index in [1.165, 1.54) is 12.2 Å². The Labute approximate surface area is 178 Å². The Morgan fingerprint density at radius 2 is 2.00 bits per heavy atom. The standard InChI is InChI=1S/C20H22N4O5S/c1-2-10-24-18(27)15(17(26)23-19(24)30)11-14(8-9-16(21)25)22-20(28)29-12-13-6-4-3-5-7-13/h2-7,11,14H,1,8-10,12H2,(H2,21,25)(H,22,28)(H,23,26,30)/b15-11+/t14-/m0/s1. The van der Waals surface area contributed by atoms with Gasteiger partial charge in [-0.15, -0.1) is 6.58 Å². The van der Waals surface area contributed by atoms with Crippen LogP contribution in [-0.4, -0.2) is 46.4 Å². The molecule has 0 bridgehead atoms. The monoisotopic (exact) mass is 430 g/mol. The number of carbonyl (C=O) groups is 4. The number of ether oxygens (including phenoxy) is 1. The fourth-order valence-corrected chi connectivity index (χ4v) is 2.87. The summed E-state index contributed by atoms with van der Waals surface area (Å²) in [6.45, 7) is 3.69. The molecular weight excluding hydrogens is 408 g/mol. The number of carbonyl (C=O) groups excluding carboxylic acids is 4. The minimum Gasteiger partial charge on any atom is -0.445 e. The Kier molecular flexibility index (Phi) is 8.24. The molecule has 158 valence electrons. The molecule has 0 saturated carbocycles. The van der Waals surface area contributed by atoms with Crippen LogP contribution < -0.4 is 16.4 Å². The van der Waals surface area contributed by atoms with Crippen LogP contribution in [0.1, 0.15) is 18.4 Å². The lowest BCUT2D eigenvalue weighted by Gasteiger charge is -2.28. The normalized spacial score (nSPS) is 16.1. The van der Waals surface area contributed by atoms with Crippen molar-refractivity contribution < 1.29 is 23.9 Å². The van der Waals surface area contributed by atoms with Crippen LogP contribution in [0.5, 0.6) is 0 Å². The molecule has 30 heavy (non-hydrogen) atoms. The number of alkyl carbamates (subject to hydrolysis) is 1. The van der Waals surface area contributed by atoms with Gasteiger partial charge in [0.25, 0.3) is 11.8 Å². The third-order valence-corrected chi connectivity index (χ3v) is 4.41. The summed E-state index contributed by atoms with van der Waals surface area (Å²) in [6.07, 6.45) is 1.96. The van der Waals surface area contributed by atoms with Gasteiger partial charge in [0.05, 0.1) is 6.04 Å². The van der Waals surface area contributed by atoms with Crippen molar-refractivity contribution in [2.45, 2.75) is 25.5 Å². The minimum atomic E-state index is -0.845. The van der Waals surface area contributed by atoms with Gasteiger partial charge in [-0.25, -0.2) is 4.79 Å². The molecular formula is C20H22N4O5S. The predicted molar refractivity (Wildman–Crippen MR) is 113 cm³/mol. The van der Waals surface area contributed by atoms with Crippen LogP contribution in [0.15, 0.2) is 54.6 Å². The SMILES string of the molecule is C=CCN1C(=O)/C(=C/[C@H](CCC(N)=O)NC(=O)OCc2ccccc2)C(=O)NC1=S. The predicted octanol–water partition coefficient (Wildman–Crippen LogP) is 0.903. The van der Waals surface area contributed by atoms with Crippen LogP contribution in [0.4, 0.5) is 4.79 Å². The van der Waals surface area contributed by atoms with Crippen molar-refractivity contribution in [3.8, 4) is 0 Å².